The van der Waals surface area contributed by atoms with E-state index in [0.717, 1.165) is 43.8 Å². The molecular weight excluding hydrogens is 433 g/mol. The molecule has 4 rings (SSSR count). The molecule has 2 aromatic carbocycles. The van der Waals surface area contributed by atoms with E-state index < -0.39 is 5.54 Å². The van der Waals surface area contributed by atoms with Gasteiger partial charge in [0.2, 0.25) is 0 Å². The highest BCUT2D eigenvalue weighted by Gasteiger charge is 2.55. The molecule has 2 aliphatic heterocycles. The van der Waals surface area contributed by atoms with Gasteiger partial charge in [-0.15, -0.1) is 0 Å². The molecule has 0 radical (unpaired) electrons. The fourth-order valence-corrected chi connectivity index (χ4v) is 5.26. The average molecular weight is 468 g/mol. The first kappa shape index (κ1) is 24.2. The van der Waals surface area contributed by atoms with Crippen LogP contribution in [-0.4, -0.2) is 54.0 Å². The summed E-state index contributed by atoms with van der Waals surface area (Å²) in [5, 5.41) is 3.07. The molecule has 0 saturated carbocycles. The van der Waals surface area contributed by atoms with Gasteiger partial charge in [-0.1, -0.05) is 38.1 Å². The molecule has 0 aromatic heterocycles. The number of piperidine rings is 1. The molecule has 2 aromatic rings. The fourth-order valence-electron chi connectivity index (χ4n) is 5.26. The largest absolute Gasteiger partial charge is 0.497 e. The third-order valence-corrected chi connectivity index (χ3v) is 6.97. The molecule has 1 N–H and O–H groups in total. The topological polar surface area (TPSA) is 61.9 Å². The van der Waals surface area contributed by atoms with Gasteiger partial charge in [0.25, 0.3) is 5.91 Å². The van der Waals surface area contributed by atoms with Crippen LogP contribution in [0.1, 0.15) is 37.8 Å². The Morgan fingerprint density at radius 1 is 1.09 bits per heavy atom. The summed E-state index contributed by atoms with van der Waals surface area (Å²) >= 11 is 0. The molecular formula is C27H34FN3O3. The molecule has 7 heteroatoms. The summed E-state index contributed by atoms with van der Waals surface area (Å²) in [5.74, 6) is 0.479. The summed E-state index contributed by atoms with van der Waals surface area (Å²) in [5.41, 5.74) is 0.897. The molecule has 2 heterocycles. The normalized spacial score (nSPS) is 21.9. The van der Waals surface area contributed by atoms with Crippen LogP contribution in [0.4, 0.5) is 9.18 Å². The summed E-state index contributed by atoms with van der Waals surface area (Å²) in [7, 11) is 1.66. The van der Waals surface area contributed by atoms with E-state index in [4.69, 9.17) is 4.74 Å². The van der Waals surface area contributed by atoms with Crippen LogP contribution in [0.3, 0.4) is 0 Å². The Hall–Kier alpha value is -2.93. The van der Waals surface area contributed by atoms with Crippen molar-refractivity contribution in [2.45, 2.75) is 45.2 Å². The van der Waals surface area contributed by atoms with Gasteiger partial charge in [0, 0.05) is 19.5 Å². The third-order valence-electron chi connectivity index (χ3n) is 6.97. The first-order chi connectivity index (χ1) is 16.3. The average Bonchev–Trinajstić information content (AvgIpc) is 3.04. The predicted molar refractivity (Wildman–Crippen MR) is 129 cm³/mol. The maximum Gasteiger partial charge on any atom is 0.325 e. The summed E-state index contributed by atoms with van der Waals surface area (Å²) in [4.78, 5) is 30.3. The number of benzene rings is 2. The van der Waals surface area contributed by atoms with E-state index >= 15 is 0 Å². The van der Waals surface area contributed by atoms with Gasteiger partial charge in [0.1, 0.15) is 17.1 Å². The second-order valence-electron chi connectivity index (χ2n) is 9.92. The molecule has 0 unspecified atom stereocenters. The van der Waals surface area contributed by atoms with Crippen LogP contribution in [0.2, 0.25) is 0 Å². The van der Waals surface area contributed by atoms with Crippen molar-refractivity contribution < 1.29 is 18.7 Å². The Balaban J connectivity index is 1.52. The quantitative estimate of drug-likeness (QED) is 0.590. The number of carbonyl (C=O) groups excluding carboxylic acids is 2. The molecule has 2 fully saturated rings. The van der Waals surface area contributed by atoms with E-state index in [-0.39, 0.29) is 29.6 Å². The number of nitrogens with zero attached hydrogens (tertiary/aromatic N) is 2. The lowest BCUT2D eigenvalue weighted by molar-refractivity contribution is -0.134. The molecule has 0 aliphatic carbocycles. The van der Waals surface area contributed by atoms with Crippen molar-refractivity contribution in [1.29, 1.82) is 0 Å². The number of amides is 3. The Bertz CT molecular complexity index is 1020. The van der Waals surface area contributed by atoms with E-state index in [2.05, 4.69) is 22.3 Å². The van der Waals surface area contributed by atoms with Crippen LogP contribution in [0.25, 0.3) is 0 Å². The van der Waals surface area contributed by atoms with Gasteiger partial charge in [0.05, 0.1) is 7.11 Å². The van der Waals surface area contributed by atoms with E-state index in [9.17, 15) is 14.0 Å². The number of nitrogens with one attached hydrogen (secondary N) is 1. The first-order valence-electron chi connectivity index (χ1n) is 12.0. The number of methoxy groups -OCH3 is 1. The second-order valence-corrected chi connectivity index (χ2v) is 9.92. The van der Waals surface area contributed by atoms with Crippen molar-refractivity contribution in [2.24, 2.45) is 11.8 Å². The van der Waals surface area contributed by atoms with Gasteiger partial charge in [-0.3, -0.25) is 14.6 Å². The highest BCUT2D eigenvalue weighted by atomic mass is 19.1. The number of imide groups is 1. The number of hydrogen-bond donors (Lipinski definition) is 1. The molecule has 182 valence electrons. The zero-order valence-electron chi connectivity index (χ0n) is 20.2. The summed E-state index contributed by atoms with van der Waals surface area (Å²) in [6.07, 6.45) is 1.87. The zero-order chi connectivity index (χ0) is 24.3. The van der Waals surface area contributed by atoms with Crippen LogP contribution in [0.15, 0.2) is 48.5 Å². The van der Waals surface area contributed by atoms with E-state index in [1.807, 2.05) is 32.0 Å². The minimum atomic E-state index is -1.04. The van der Waals surface area contributed by atoms with Gasteiger partial charge in [-0.25, -0.2) is 9.18 Å². The SMILES string of the molecule is COc1ccc(CN2CCC([C@@]3(Cc4cccc(F)c4)NC(=O)N(CC(C)C)C3=O)CC2)cc1. The van der Waals surface area contributed by atoms with Gasteiger partial charge < -0.3 is 10.1 Å². The maximum absolute atomic E-state index is 13.9. The monoisotopic (exact) mass is 467 g/mol. The van der Waals surface area contributed by atoms with Crippen molar-refractivity contribution >= 4 is 11.9 Å². The van der Waals surface area contributed by atoms with Gasteiger partial charge in [0.15, 0.2) is 0 Å². The van der Waals surface area contributed by atoms with Gasteiger partial charge in [-0.05, 0) is 73.2 Å². The Morgan fingerprint density at radius 2 is 1.79 bits per heavy atom. The van der Waals surface area contributed by atoms with Crippen molar-refractivity contribution in [1.82, 2.24) is 15.1 Å². The van der Waals surface area contributed by atoms with Crippen LogP contribution < -0.4 is 10.1 Å². The molecule has 1 atom stereocenters. The van der Waals surface area contributed by atoms with E-state index in [1.54, 1.807) is 13.2 Å². The van der Waals surface area contributed by atoms with Crippen molar-refractivity contribution in [2.75, 3.05) is 26.7 Å². The zero-order valence-corrected chi connectivity index (χ0v) is 20.2. The lowest BCUT2D eigenvalue weighted by Crippen LogP contribution is -2.57. The summed E-state index contributed by atoms with van der Waals surface area (Å²) < 4.78 is 19.2. The van der Waals surface area contributed by atoms with E-state index in [1.165, 1.54) is 22.6 Å². The number of halogens is 1. The summed E-state index contributed by atoms with van der Waals surface area (Å²) in [6, 6.07) is 14.1. The van der Waals surface area contributed by atoms with E-state index in [0.29, 0.717) is 13.0 Å². The molecule has 3 amide bonds. The number of urea groups is 1. The van der Waals surface area contributed by atoms with Crippen LogP contribution in [-0.2, 0) is 17.8 Å². The standard InChI is InChI=1S/C27H34FN3O3/c1-19(2)17-31-25(32)27(29-26(31)33,16-21-5-4-6-23(28)15-21)22-11-13-30(14-12-22)18-20-7-9-24(34-3)10-8-20/h4-10,15,19,22H,11-14,16-18H2,1-3H3,(H,29,33)/t27-/m1/s1. The fraction of sp³-hybridized carbons (Fsp3) is 0.481. The van der Waals surface area contributed by atoms with Crippen LogP contribution in [0.5, 0.6) is 5.75 Å². The molecule has 2 saturated heterocycles. The van der Waals surface area contributed by atoms with Crippen LogP contribution >= 0.6 is 0 Å². The Morgan fingerprint density at radius 3 is 2.41 bits per heavy atom. The number of carbonyl (C=O) groups is 2. The van der Waals surface area contributed by atoms with Gasteiger partial charge in [-0.2, -0.15) is 0 Å². The molecule has 0 spiro atoms. The van der Waals surface area contributed by atoms with Crippen molar-refractivity contribution in [3.05, 3.63) is 65.5 Å². The lowest BCUT2D eigenvalue weighted by atomic mass is 9.73. The number of rotatable bonds is 8. The highest BCUT2D eigenvalue weighted by Crippen LogP contribution is 2.37. The third kappa shape index (κ3) is 5.09. The lowest BCUT2D eigenvalue weighted by Gasteiger charge is -2.41. The maximum atomic E-state index is 13.9. The minimum absolute atomic E-state index is 0.0171. The number of ether oxygens (including phenoxy) is 1. The summed E-state index contributed by atoms with van der Waals surface area (Å²) in [6.45, 7) is 6.85. The van der Waals surface area contributed by atoms with Crippen molar-refractivity contribution in [3.63, 3.8) is 0 Å². The number of hydrogen-bond acceptors (Lipinski definition) is 4. The molecule has 34 heavy (non-hydrogen) atoms. The highest BCUT2D eigenvalue weighted by molar-refractivity contribution is 6.07. The molecule has 0 bridgehead atoms. The van der Waals surface area contributed by atoms with Gasteiger partial charge >= 0.3 is 6.03 Å². The second kappa shape index (κ2) is 10.1. The Labute approximate surface area is 201 Å². The smallest absolute Gasteiger partial charge is 0.325 e. The predicted octanol–water partition coefficient (Wildman–Crippen LogP) is 4.24. The number of likely N-dealkylation sites (tertiary alicyclic amines) is 1. The Kier molecular flexibility index (Phi) is 7.22. The molecule has 2 aliphatic rings. The molecule has 6 nitrogen and oxygen atoms in total. The first-order valence-corrected chi connectivity index (χ1v) is 12.0. The van der Waals surface area contributed by atoms with Crippen LogP contribution in [0, 0.1) is 17.7 Å². The minimum Gasteiger partial charge on any atom is -0.497 e. The van der Waals surface area contributed by atoms with Crippen molar-refractivity contribution in [3.8, 4) is 5.75 Å².